The van der Waals surface area contributed by atoms with Gasteiger partial charge in [-0.1, -0.05) is 31.7 Å². The SMILES string of the molecule is O=C1NC(=O)C2(CCCCCC2)N1Cc1cccnc1. The lowest BCUT2D eigenvalue weighted by Crippen LogP contribution is -2.48. The van der Waals surface area contributed by atoms with E-state index in [4.69, 9.17) is 0 Å². The Morgan fingerprint density at radius 1 is 1.20 bits per heavy atom. The Labute approximate surface area is 118 Å². The molecule has 1 aromatic heterocycles. The van der Waals surface area contributed by atoms with Crippen LogP contribution in [0.4, 0.5) is 4.79 Å². The summed E-state index contributed by atoms with van der Waals surface area (Å²) in [5.74, 6) is -0.117. The van der Waals surface area contributed by atoms with Crippen LogP contribution in [-0.4, -0.2) is 27.4 Å². The van der Waals surface area contributed by atoms with Crippen LogP contribution >= 0.6 is 0 Å². The molecule has 1 saturated heterocycles. The molecule has 1 saturated carbocycles. The highest BCUT2D eigenvalue weighted by Gasteiger charge is 2.52. The number of imide groups is 1. The Morgan fingerprint density at radius 3 is 2.60 bits per heavy atom. The Kier molecular flexibility index (Phi) is 3.42. The van der Waals surface area contributed by atoms with E-state index in [1.165, 1.54) is 0 Å². The van der Waals surface area contributed by atoms with Crippen LogP contribution in [0.1, 0.15) is 44.1 Å². The predicted molar refractivity (Wildman–Crippen MR) is 73.8 cm³/mol. The van der Waals surface area contributed by atoms with Gasteiger partial charge in [0.05, 0.1) is 6.54 Å². The molecule has 1 aliphatic carbocycles. The Hall–Kier alpha value is -1.91. The maximum atomic E-state index is 12.3. The molecule has 20 heavy (non-hydrogen) atoms. The summed E-state index contributed by atoms with van der Waals surface area (Å²) < 4.78 is 0. The van der Waals surface area contributed by atoms with E-state index in [1.54, 1.807) is 17.3 Å². The number of hydrogen-bond acceptors (Lipinski definition) is 3. The Bertz CT molecular complexity index is 507. The van der Waals surface area contributed by atoms with E-state index < -0.39 is 5.54 Å². The molecular formula is C15H19N3O2. The quantitative estimate of drug-likeness (QED) is 0.840. The lowest BCUT2D eigenvalue weighted by Gasteiger charge is -2.34. The molecule has 1 N–H and O–H groups in total. The van der Waals surface area contributed by atoms with Gasteiger partial charge in [-0.25, -0.2) is 4.79 Å². The van der Waals surface area contributed by atoms with Crippen LogP contribution in [0.25, 0.3) is 0 Å². The normalized spacial score (nSPS) is 21.9. The fourth-order valence-corrected chi connectivity index (χ4v) is 3.31. The number of carbonyl (C=O) groups excluding carboxylic acids is 2. The minimum Gasteiger partial charge on any atom is -0.305 e. The number of nitrogens with zero attached hydrogens (tertiary/aromatic N) is 2. The summed E-state index contributed by atoms with van der Waals surface area (Å²) >= 11 is 0. The van der Waals surface area contributed by atoms with Gasteiger partial charge in [0.15, 0.2) is 0 Å². The molecule has 1 aromatic rings. The highest BCUT2D eigenvalue weighted by atomic mass is 16.2. The second-order valence-electron chi connectivity index (χ2n) is 5.65. The van der Waals surface area contributed by atoms with Gasteiger partial charge in [-0.15, -0.1) is 0 Å². The smallest absolute Gasteiger partial charge is 0.305 e. The van der Waals surface area contributed by atoms with Crippen LogP contribution in [0.2, 0.25) is 0 Å². The van der Waals surface area contributed by atoms with Gasteiger partial charge in [0, 0.05) is 12.4 Å². The summed E-state index contributed by atoms with van der Waals surface area (Å²) in [6, 6.07) is 3.53. The standard InChI is InChI=1S/C15H19N3O2/c19-13-15(7-3-1-2-4-8-15)18(14(20)17-13)11-12-6-5-9-16-10-12/h5-6,9-10H,1-4,7-8,11H2,(H,17,19,20). The number of urea groups is 1. The van der Waals surface area contributed by atoms with E-state index >= 15 is 0 Å². The fraction of sp³-hybridized carbons (Fsp3) is 0.533. The number of aromatic nitrogens is 1. The first-order chi connectivity index (χ1) is 9.72. The van der Waals surface area contributed by atoms with Crippen molar-refractivity contribution in [2.75, 3.05) is 0 Å². The monoisotopic (exact) mass is 273 g/mol. The summed E-state index contributed by atoms with van der Waals surface area (Å²) in [5, 5.41) is 2.50. The van der Waals surface area contributed by atoms with Gasteiger partial charge < -0.3 is 4.90 Å². The molecule has 0 bridgehead atoms. The number of hydrogen-bond donors (Lipinski definition) is 1. The maximum Gasteiger partial charge on any atom is 0.325 e. The molecule has 1 spiro atoms. The average molecular weight is 273 g/mol. The van der Waals surface area contributed by atoms with E-state index in [-0.39, 0.29) is 11.9 Å². The van der Waals surface area contributed by atoms with Gasteiger partial charge >= 0.3 is 6.03 Å². The van der Waals surface area contributed by atoms with Gasteiger partial charge in [-0.2, -0.15) is 0 Å². The number of amides is 3. The predicted octanol–water partition coefficient (Wildman–Crippen LogP) is 2.23. The van der Waals surface area contributed by atoms with Gasteiger partial charge in [0.2, 0.25) is 0 Å². The van der Waals surface area contributed by atoms with Gasteiger partial charge in [-0.05, 0) is 24.5 Å². The third kappa shape index (κ3) is 2.17. The molecular weight excluding hydrogens is 254 g/mol. The van der Waals surface area contributed by atoms with E-state index in [0.29, 0.717) is 6.54 Å². The molecule has 3 amide bonds. The van der Waals surface area contributed by atoms with Crippen LogP contribution < -0.4 is 5.32 Å². The minimum absolute atomic E-state index is 0.117. The lowest BCUT2D eigenvalue weighted by molar-refractivity contribution is -0.127. The first-order valence-electron chi connectivity index (χ1n) is 7.24. The van der Waals surface area contributed by atoms with Crippen molar-refractivity contribution in [3.63, 3.8) is 0 Å². The third-order valence-electron chi connectivity index (χ3n) is 4.40. The second-order valence-corrected chi connectivity index (χ2v) is 5.65. The van der Waals surface area contributed by atoms with Crippen molar-refractivity contribution >= 4 is 11.9 Å². The van der Waals surface area contributed by atoms with Crippen molar-refractivity contribution in [1.29, 1.82) is 0 Å². The summed E-state index contributed by atoms with van der Waals surface area (Å²) in [4.78, 5) is 30.3. The number of nitrogens with one attached hydrogen (secondary N) is 1. The van der Waals surface area contributed by atoms with Crippen molar-refractivity contribution in [2.24, 2.45) is 0 Å². The van der Waals surface area contributed by atoms with Gasteiger partial charge in [0.1, 0.15) is 5.54 Å². The first kappa shape index (κ1) is 13.1. The van der Waals surface area contributed by atoms with Crippen molar-refractivity contribution < 1.29 is 9.59 Å². The molecule has 2 heterocycles. The first-order valence-corrected chi connectivity index (χ1v) is 7.24. The van der Waals surface area contributed by atoms with Crippen LogP contribution in [0.15, 0.2) is 24.5 Å². The zero-order valence-electron chi connectivity index (χ0n) is 11.5. The van der Waals surface area contributed by atoms with Gasteiger partial charge in [0.25, 0.3) is 5.91 Å². The lowest BCUT2D eigenvalue weighted by atomic mass is 9.88. The van der Waals surface area contributed by atoms with Crippen LogP contribution in [0.3, 0.4) is 0 Å². The van der Waals surface area contributed by atoms with Crippen LogP contribution in [0.5, 0.6) is 0 Å². The molecule has 0 radical (unpaired) electrons. The fourth-order valence-electron chi connectivity index (χ4n) is 3.31. The van der Waals surface area contributed by atoms with Crippen molar-refractivity contribution in [2.45, 2.75) is 50.6 Å². The Morgan fingerprint density at radius 2 is 1.95 bits per heavy atom. The highest BCUT2D eigenvalue weighted by Crippen LogP contribution is 2.36. The molecule has 1 aliphatic heterocycles. The summed E-state index contributed by atoms with van der Waals surface area (Å²) in [5.41, 5.74) is 0.324. The third-order valence-corrected chi connectivity index (χ3v) is 4.40. The molecule has 0 atom stereocenters. The van der Waals surface area contributed by atoms with E-state index in [2.05, 4.69) is 10.3 Å². The highest BCUT2D eigenvalue weighted by molar-refractivity contribution is 6.07. The minimum atomic E-state index is -0.635. The number of pyridine rings is 1. The molecule has 0 unspecified atom stereocenters. The van der Waals surface area contributed by atoms with E-state index in [9.17, 15) is 9.59 Å². The number of carbonyl (C=O) groups is 2. The molecule has 0 aromatic carbocycles. The zero-order chi connectivity index (χ0) is 14.0. The van der Waals surface area contributed by atoms with Gasteiger partial charge in [-0.3, -0.25) is 15.1 Å². The van der Waals surface area contributed by atoms with E-state index in [0.717, 1.165) is 44.1 Å². The summed E-state index contributed by atoms with van der Waals surface area (Å²) in [6.07, 6.45) is 9.29. The molecule has 5 heteroatoms. The van der Waals surface area contributed by atoms with E-state index in [1.807, 2.05) is 12.1 Å². The second kappa shape index (κ2) is 5.23. The summed E-state index contributed by atoms with van der Waals surface area (Å²) in [6.45, 7) is 0.450. The van der Waals surface area contributed by atoms with Crippen molar-refractivity contribution in [1.82, 2.24) is 15.2 Å². The largest absolute Gasteiger partial charge is 0.325 e. The molecule has 2 aliphatic rings. The molecule has 106 valence electrons. The number of rotatable bonds is 2. The van der Waals surface area contributed by atoms with Crippen LogP contribution in [-0.2, 0) is 11.3 Å². The summed E-state index contributed by atoms with van der Waals surface area (Å²) in [7, 11) is 0. The van der Waals surface area contributed by atoms with Crippen LogP contribution in [0, 0.1) is 0 Å². The molecule has 3 rings (SSSR count). The topological polar surface area (TPSA) is 62.3 Å². The molecule has 2 fully saturated rings. The maximum absolute atomic E-state index is 12.3. The van der Waals surface area contributed by atoms with Crippen molar-refractivity contribution in [3.8, 4) is 0 Å². The average Bonchev–Trinajstić information content (AvgIpc) is 2.66. The Balaban J connectivity index is 1.89. The zero-order valence-corrected chi connectivity index (χ0v) is 11.5. The molecule has 5 nitrogen and oxygen atoms in total. The van der Waals surface area contributed by atoms with Crippen molar-refractivity contribution in [3.05, 3.63) is 30.1 Å².